The van der Waals surface area contributed by atoms with E-state index in [1.165, 1.54) is 0 Å². The normalized spacial score (nSPS) is 12.5. The molecule has 0 N–H and O–H groups in total. The van der Waals surface area contributed by atoms with Crippen molar-refractivity contribution in [2.24, 2.45) is 0 Å². The van der Waals surface area contributed by atoms with Crippen LogP contribution in [0.2, 0.25) is 0 Å². The molecular formula is C28H37NO2. The van der Waals surface area contributed by atoms with Crippen LogP contribution < -0.4 is 0 Å². The summed E-state index contributed by atoms with van der Waals surface area (Å²) in [6.07, 6.45) is 36.5. The number of hydrogen-bond acceptors (Lipinski definition) is 3. The van der Waals surface area contributed by atoms with Crippen molar-refractivity contribution in [2.75, 3.05) is 0 Å². The maximum atomic E-state index is 11.7. The lowest BCUT2D eigenvalue weighted by atomic mass is 10.2. The second-order valence-corrected chi connectivity index (χ2v) is 6.98. The van der Waals surface area contributed by atoms with E-state index in [0.717, 1.165) is 44.1 Å². The smallest absolute Gasteiger partial charge is 0.306 e. The molecule has 0 fully saturated rings. The van der Waals surface area contributed by atoms with Gasteiger partial charge in [0.05, 0.1) is 0 Å². The fraction of sp³-hybridized carbons (Fsp3) is 0.357. The maximum absolute atomic E-state index is 11.7. The molecule has 0 aromatic carbocycles. The molecule has 0 aliphatic heterocycles. The number of ether oxygens (including phenoxy) is 1. The summed E-state index contributed by atoms with van der Waals surface area (Å²) in [5.41, 5.74) is 0.907. The fourth-order valence-electron chi connectivity index (χ4n) is 2.56. The Morgan fingerprint density at radius 2 is 1.32 bits per heavy atom. The number of carbonyl (C=O) groups excluding carboxylic acids is 1. The second kappa shape index (κ2) is 20.3. The van der Waals surface area contributed by atoms with Gasteiger partial charge < -0.3 is 4.74 Å². The SMILES string of the molecule is CCC=CCC=CCC=CCC=CCC=CCC=CCCC(=O)OCc1cccnc1. The zero-order valence-electron chi connectivity index (χ0n) is 18.9. The van der Waals surface area contributed by atoms with Gasteiger partial charge in [-0.2, -0.15) is 0 Å². The van der Waals surface area contributed by atoms with Gasteiger partial charge in [0.2, 0.25) is 0 Å². The highest BCUT2D eigenvalue weighted by atomic mass is 16.5. The molecule has 1 aromatic heterocycles. The van der Waals surface area contributed by atoms with Gasteiger partial charge in [-0.05, 0) is 51.0 Å². The van der Waals surface area contributed by atoms with E-state index in [1.54, 1.807) is 12.4 Å². The van der Waals surface area contributed by atoms with E-state index < -0.39 is 0 Å². The summed E-state index contributed by atoms with van der Waals surface area (Å²) >= 11 is 0. The second-order valence-electron chi connectivity index (χ2n) is 6.98. The van der Waals surface area contributed by atoms with Crippen LogP contribution >= 0.6 is 0 Å². The first-order chi connectivity index (χ1) is 15.3. The summed E-state index contributed by atoms with van der Waals surface area (Å²) in [5, 5.41) is 0. The van der Waals surface area contributed by atoms with Gasteiger partial charge in [-0.3, -0.25) is 9.78 Å². The van der Waals surface area contributed by atoms with Crippen molar-refractivity contribution < 1.29 is 9.53 Å². The van der Waals surface area contributed by atoms with E-state index in [0.29, 0.717) is 12.8 Å². The van der Waals surface area contributed by atoms with Crippen LogP contribution in [0.25, 0.3) is 0 Å². The molecule has 3 nitrogen and oxygen atoms in total. The van der Waals surface area contributed by atoms with Crippen LogP contribution in [0.5, 0.6) is 0 Å². The van der Waals surface area contributed by atoms with Crippen LogP contribution in [0.1, 0.15) is 63.9 Å². The summed E-state index contributed by atoms with van der Waals surface area (Å²) in [4.78, 5) is 15.7. The van der Waals surface area contributed by atoms with Crippen LogP contribution in [0.4, 0.5) is 0 Å². The molecule has 0 aliphatic carbocycles. The lowest BCUT2D eigenvalue weighted by molar-refractivity contribution is -0.144. The molecular weight excluding hydrogens is 382 g/mol. The molecule has 0 saturated carbocycles. The Morgan fingerprint density at radius 1 is 0.806 bits per heavy atom. The number of nitrogens with zero attached hydrogens (tertiary/aromatic N) is 1. The minimum atomic E-state index is -0.177. The molecule has 3 heteroatoms. The number of carbonyl (C=O) groups is 1. The van der Waals surface area contributed by atoms with Crippen LogP contribution in [-0.2, 0) is 16.1 Å². The van der Waals surface area contributed by atoms with Gasteiger partial charge in [0.1, 0.15) is 6.61 Å². The third-order valence-corrected chi connectivity index (χ3v) is 4.23. The molecule has 0 unspecified atom stereocenters. The molecule has 1 heterocycles. The monoisotopic (exact) mass is 419 g/mol. The van der Waals surface area contributed by atoms with Gasteiger partial charge in [-0.15, -0.1) is 0 Å². The first-order valence-corrected chi connectivity index (χ1v) is 11.3. The highest BCUT2D eigenvalue weighted by molar-refractivity contribution is 5.69. The van der Waals surface area contributed by atoms with E-state index in [1.807, 2.05) is 18.2 Å². The number of pyridine rings is 1. The Hall–Kier alpha value is -2.94. The molecule has 166 valence electrons. The van der Waals surface area contributed by atoms with Gasteiger partial charge >= 0.3 is 5.97 Å². The largest absolute Gasteiger partial charge is 0.461 e. The molecule has 0 saturated heterocycles. The van der Waals surface area contributed by atoms with E-state index in [9.17, 15) is 4.79 Å². The molecule has 0 bridgehead atoms. The van der Waals surface area contributed by atoms with Gasteiger partial charge in [0, 0.05) is 24.4 Å². The number of aromatic nitrogens is 1. The van der Waals surface area contributed by atoms with E-state index in [2.05, 4.69) is 78.7 Å². The predicted octanol–water partition coefficient (Wildman–Crippen LogP) is 7.60. The van der Waals surface area contributed by atoms with Crippen LogP contribution in [0, 0.1) is 0 Å². The van der Waals surface area contributed by atoms with Crippen LogP contribution in [-0.4, -0.2) is 11.0 Å². The highest BCUT2D eigenvalue weighted by Gasteiger charge is 2.01. The topological polar surface area (TPSA) is 39.2 Å². The number of hydrogen-bond donors (Lipinski definition) is 0. The Labute approximate surface area is 188 Å². The lowest BCUT2D eigenvalue weighted by Crippen LogP contribution is -2.03. The third-order valence-electron chi connectivity index (χ3n) is 4.23. The van der Waals surface area contributed by atoms with Crippen molar-refractivity contribution in [1.82, 2.24) is 4.98 Å². The Balaban J connectivity index is 1.96. The Bertz CT molecular complexity index is 740. The standard InChI is InChI=1S/C28H37NO2/c1-2-3-4-5-6-7-8-9-10-11-12-13-14-15-16-17-18-19-20-23-28(30)31-26-27-22-21-24-29-25-27/h3-4,6-7,9-10,12-13,15-16,18-19,21-22,24-25H,2,5,8,11,14,17,20,23,26H2,1H3. The lowest BCUT2D eigenvalue weighted by Gasteiger charge is -2.03. The van der Waals surface area contributed by atoms with Crippen molar-refractivity contribution in [1.29, 1.82) is 0 Å². The average Bonchev–Trinajstić information content (AvgIpc) is 2.80. The fourth-order valence-corrected chi connectivity index (χ4v) is 2.56. The van der Waals surface area contributed by atoms with Gasteiger partial charge in [0.25, 0.3) is 0 Å². The molecule has 0 aliphatic rings. The van der Waals surface area contributed by atoms with Gasteiger partial charge in [0.15, 0.2) is 0 Å². The van der Waals surface area contributed by atoms with Crippen LogP contribution in [0.15, 0.2) is 97.4 Å². The number of esters is 1. The molecule has 0 radical (unpaired) electrons. The van der Waals surface area contributed by atoms with Crippen molar-refractivity contribution in [3.05, 3.63) is 103 Å². The first-order valence-electron chi connectivity index (χ1n) is 11.3. The summed E-state index contributed by atoms with van der Waals surface area (Å²) in [5.74, 6) is -0.177. The Morgan fingerprint density at radius 3 is 1.81 bits per heavy atom. The first kappa shape index (κ1) is 26.1. The Kier molecular flexibility index (Phi) is 17.1. The molecule has 1 rings (SSSR count). The molecule has 0 amide bonds. The molecule has 31 heavy (non-hydrogen) atoms. The number of rotatable bonds is 16. The average molecular weight is 420 g/mol. The third kappa shape index (κ3) is 17.6. The summed E-state index contributed by atoms with van der Waals surface area (Å²) in [6.45, 7) is 2.44. The minimum Gasteiger partial charge on any atom is -0.461 e. The predicted molar refractivity (Wildman–Crippen MR) is 131 cm³/mol. The summed E-state index contributed by atoms with van der Waals surface area (Å²) < 4.78 is 5.22. The van der Waals surface area contributed by atoms with E-state index >= 15 is 0 Å². The van der Waals surface area contributed by atoms with Gasteiger partial charge in [-0.25, -0.2) is 0 Å². The van der Waals surface area contributed by atoms with Crippen LogP contribution in [0.3, 0.4) is 0 Å². The minimum absolute atomic E-state index is 0.177. The van der Waals surface area contributed by atoms with E-state index in [-0.39, 0.29) is 12.6 Å². The summed E-state index contributed by atoms with van der Waals surface area (Å²) in [7, 11) is 0. The molecule has 0 spiro atoms. The highest BCUT2D eigenvalue weighted by Crippen LogP contribution is 2.02. The van der Waals surface area contributed by atoms with E-state index in [4.69, 9.17) is 4.74 Å². The molecule has 1 aromatic rings. The maximum Gasteiger partial charge on any atom is 0.306 e. The van der Waals surface area contributed by atoms with Gasteiger partial charge in [-0.1, -0.05) is 85.9 Å². The zero-order valence-corrected chi connectivity index (χ0v) is 18.9. The molecule has 0 atom stereocenters. The quantitative estimate of drug-likeness (QED) is 0.204. The number of allylic oxidation sites excluding steroid dienone is 12. The zero-order chi connectivity index (χ0) is 22.2. The summed E-state index contributed by atoms with van der Waals surface area (Å²) in [6, 6.07) is 3.73. The van der Waals surface area contributed by atoms with Crippen molar-refractivity contribution in [3.63, 3.8) is 0 Å². The van der Waals surface area contributed by atoms with Crippen molar-refractivity contribution in [3.8, 4) is 0 Å². The van der Waals surface area contributed by atoms with Crippen molar-refractivity contribution >= 4 is 5.97 Å². The van der Waals surface area contributed by atoms with Crippen molar-refractivity contribution in [2.45, 2.75) is 64.9 Å².